The van der Waals surface area contributed by atoms with Gasteiger partial charge < -0.3 is 5.11 Å². The molecule has 0 bridgehead atoms. The summed E-state index contributed by atoms with van der Waals surface area (Å²) < 4.78 is 0. The van der Waals surface area contributed by atoms with Crippen LogP contribution in [0.5, 0.6) is 5.75 Å². The number of aromatic nitrogens is 1. The van der Waals surface area contributed by atoms with E-state index in [4.69, 9.17) is 0 Å². The monoisotopic (exact) mass is 195 g/mol. The Hall–Kier alpha value is -2.09. The smallest absolute Gasteiger partial charge is 0.142 e. The van der Waals surface area contributed by atoms with Crippen LogP contribution >= 0.6 is 0 Å². The van der Waals surface area contributed by atoms with Crippen LogP contribution in [0.4, 0.5) is 0 Å². The van der Waals surface area contributed by atoms with Gasteiger partial charge in [0.1, 0.15) is 11.3 Å². The lowest BCUT2D eigenvalue weighted by Gasteiger charge is -2.04. The standard InChI is InChI=1S/C13H9NO/c15-12-8-9-4-1-2-5-10(9)11-6-3-7-14-13(11)12/h1-8,15H. The number of phenolic OH excluding ortho intramolecular Hbond substituents is 1. The van der Waals surface area contributed by atoms with Crippen LogP contribution < -0.4 is 0 Å². The first-order valence-electron chi connectivity index (χ1n) is 4.82. The average molecular weight is 195 g/mol. The van der Waals surface area contributed by atoms with Crippen molar-refractivity contribution < 1.29 is 5.11 Å². The first-order chi connectivity index (χ1) is 7.36. The van der Waals surface area contributed by atoms with Crippen molar-refractivity contribution in [3.8, 4) is 5.75 Å². The molecule has 0 aliphatic heterocycles. The molecule has 15 heavy (non-hydrogen) atoms. The van der Waals surface area contributed by atoms with Crippen LogP contribution in [0.25, 0.3) is 21.7 Å². The Balaban J connectivity index is 2.64. The minimum absolute atomic E-state index is 0.240. The van der Waals surface area contributed by atoms with E-state index in [1.807, 2.05) is 36.4 Å². The van der Waals surface area contributed by atoms with E-state index in [1.165, 1.54) is 0 Å². The molecule has 2 nitrogen and oxygen atoms in total. The molecule has 0 amide bonds. The maximum atomic E-state index is 9.81. The second-order valence-electron chi connectivity index (χ2n) is 3.52. The molecule has 3 aromatic rings. The average Bonchev–Trinajstić information content (AvgIpc) is 2.30. The van der Waals surface area contributed by atoms with Gasteiger partial charge in [-0.15, -0.1) is 0 Å². The minimum atomic E-state index is 0.240. The van der Waals surface area contributed by atoms with Crippen LogP contribution in [0.1, 0.15) is 0 Å². The molecule has 1 N–H and O–H groups in total. The molecule has 0 aliphatic carbocycles. The highest BCUT2D eigenvalue weighted by Crippen LogP contribution is 2.30. The van der Waals surface area contributed by atoms with Gasteiger partial charge in [-0.25, -0.2) is 0 Å². The third-order valence-electron chi connectivity index (χ3n) is 2.59. The van der Waals surface area contributed by atoms with Crippen molar-refractivity contribution in [2.45, 2.75) is 0 Å². The number of rotatable bonds is 0. The number of hydrogen-bond acceptors (Lipinski definition) is 2. The van der Waals surface area contributed by atoms with Crippen molar-refractivity contribution in [1.29, 1.82) is 0 Å². The van der Waals surface area contributed by atoms with E-state index in [0.717, 1.165) is 16.2 Å². The summed E-state index contributed by atoms with van der Waals surface area (Å²) in [7, 11) is 0. The zero-order valence-electron chi connectivity index (χ0n) is 8.01. The molecular formula is C13H9NO. The van der Waals surface area contributed by atoms with Crippen LogP contribution in [0.15, 0.2) is 48.7 Å². The summed E-state index contributed by atoms with van der Waals surface area (Å²) in [6.45, 7) is 0. The SMILES string of the molecule is Oc1cc2ccccc2c2cccnc12. The molecule has 0 saturated heterocycles. The molecular weight excluding hydrogens is 186 g/mol. The number of aromatic hydroxyl groups is 1. The Morgan fingerprint density at radius 2 is 1.73 bits per heavy atom. The first-order valence-corrected chi connectivity index (χ1v) is 4.82. The largest absolute Gasteiger partial charge is 0.506 e. The highest BCUT2D eigenvalue weighted by molar-refractivity contribution is 6.08. The lowest BCUT2D eigenvalue weighted by atomic mass is 10.0. The van der Waals surface area contributed by atoms with Gasteiger partial charge in [0, 0.05) is 11.6 Å². The van der Waals surface area contributed by atoms with Gasteiger partial charge in [0.2, 0.25) is 0 Å². The van der Waals surface area contributed by atoms with E-state index in [9.17, 15) is 5.11 Å². The van der Waals surface area contributed by atoms with E-state index >= 15 is 0 Å². The number of benzene rings is 2. The van der Waals surface area contributed by atoms with E-state index in [2.05, 4.69) is 4.98 Å². The van der Waals surface area contributed by atoms with Gasteiger partial charge in [0.25, 0.3) is 0 Å². The van der Waals surface area contributed by atoms with Crippen LogP contribution in [-0.4, -0.2) is 10.1 Å². The van der Waals surface area contributed by atoms with Crippen molar-refractivity contribution in [1.82, 2.24) is 4.98 Å². The molecule has 0 aliphatic rings. The van der Waals surface area contributed by atoms with E-state index in [-0.39, 0.29) is 5.75 Å². The molecule has 0 atom stereocenters. The number of fused-ring (bicyclic) bond motifs is 3. The van der Waals surface area contributed by atoms with Crippen molar-refractivity contribution in [2.75, 3.05) is 0 Å². The van der Waals surface area contributed by atoms with Crippen molar-refractivity contribution in [2.24, 2.45) is 0 Å². The zero-order valence-corrected chi connectivity index (χ0v) is 8.01. The lowest BCUT2D eigenvalue weighted by Crippen LogP contribution is -1.81. The maximum absolute atomic E-state index is 9.81. The van der Waals surface area contributed by atoms with Crippen LogP contribution in [0.3, 0.4) is 0 Å². The fourth-order valence-electron chi connectivity index (χ4n) is 1.91. The molecule has 3 rings (SSSR count). The third kappa shape index (κ3) is 1.15. The van der Waals surface area contributed by atoms with Crippen LogP contribution in [0, 0.1) is 0 Å². The molecule has 2 aromatic carbocycles. The second-order valence-corrected chi connectivity index (χ2v) is 3.52. The third-order valence-corrected chi connectivity index (χ3v) is 2.59. The fraction of sp³-hybridized carbons (Fsp3) is 0. The van der Waals surface area contributed by atoms with Gasteiger partial charge in [0.15, 0.2) is 0 Å². The molecule has 0 fully saturated rings. The predicted molar refractivity (Wildman–Crippen MR) is 60.9 cm³/mol. The predicted octanol–water partition coefficient (Wildman–Crippen LogP) is 3.09. The van der Waals surface area contributed by atoms with Gasteiger partial charge in [-0.2, -0.15) is 0 Å². The summed E-state index contributed by atoms with van der Waals surface area (Å²) in [5.74, 6) is 0.240. The summed E-state index contributed by atoms with van der Waals surface area (Å²) in [6, 6.07) is 13.6. The summed E-state index contributed by atoms with van der Waals surface area (Å²) in [5.41, 5.74) is 0.663. The van der Waals surface area contributed by atoms with E-state index in [0.29, 0.717) is 5.52 Å². The molecule has 2 heteroatoms. The summed E-state index contributed by atoms with van der Waals surface area (Å²) in [6.07, 6.45) is 1.69. The summed E-state index contributed by atoms with van der Waals surface area (Å²) in [4.78, 5) is 4.18. The highest BCUT2D eigenvalue weighted by Gasteiger charge is 2.04. The molecule has 0 radical (unpaired) electrons. The number of hydrogen-bond donors (Lipinski definition) is 1. The summed E-state index contributed by atoms with van der Waals surface area (Å²) in [5, 5.41) is 13.0. The van der Waals surface area contributed by atoms with Gasteiger partial charge >= 0.3 is 0 Å². The molecule has 0 saturated carbocycles. The Morgan fingerprint density at radius 1 is 0.933 bits per heavy atom. The van der Waals surface area contributed by atoms with Crippen molar-refractivity contribution >= 4 is 21.7 Å². The maximum Gasteiger partial charge on any atom is 0.142 e. The topological polar surface area (TPSA) is 33.1 Å². The van der Waals surface area contributed by atoms with Gasteiger partial charge in [-0.3, -0.25) is 4.98 Å². The summed E-state index contributed by atoms with van der Waals surface area (Å²) >= 11 is 0. The number of nitrogens with zero attached hydrogens (tertiary/aromatic N) is 1. The Morgan fingerprint density at radius 3 is 2.67 bits per heavy atom. The normalized spacial score (nSPS) is 10.9. The van der Waals surface area contributed by atoms with E-state index < -0.39 is 0 Å². The van der Waals surface area contributed by atoms with Gasteiger partial charge in [-0.05, 0) is 22.9 Å². The Labute approximate surface area is 86.8 Å². The van der Waals surface area contributed by atoms with Crippen LogP contribution in [0.2, 0.25) is 0 Å². The van der Waals surface area contributed by atoms with Gasteiger partial charge in [0.05, 0.1) is 0 Å². The highest BCUT2D eigenvalue weighted by atomic mass is 16.3. The van der Waals surface area contributed by atoms with Gasteiger partial charge in [-0.1, -0.05) is 30.3 Å². The molecule has 0 unspecified atom stereocenters. The van der Waals surface area contributed by atoms with Crippen molar-refractivity contribution in [3.63, 3.8) is 0 Å². The quantitative estimate of drug-likeness (QED) is 0.559. The first kappa shape index (κ1) is 8.24. The van der Waals surface area contributed by atoms with Crippen molar-refractivity contribution in [3.05, 3.63) is 48.7 Å². The number of phenols is 1. The molecule has 0 spiro atoms. The lowest BCUT2D eigenvalue weighted by molar-refractivity contribution is 0.481. The van der Waals surface area contributed by atoms with Crippen LogP contribution in [-0.2, 0) is 0 Å². The molecule has 1 heterocycles. The second kappa shape index (κ2) is 2.95. The minimum Gasteiger partial charge on any atom is -0.506 e. The van der Waals surface area contributed by atoms with E-state index in [1.54, 1.807) is 12.3 Å². The number of pyridine rings is 1. The molecule has 72 valence electrons. The fourth-order valence-corrected chi connectivity index (χ4v) is 1.91. The Kier molecular flexibility index (Phi) is 1.62. The zero-order chi connectivity index (χ0) is 10.3. The molecule has 1 aromatic heterocycles. The Bertz CT molecular complexity index is 646.